The van der Waals surface area contributed by atoms with Crippen LogP contribution in [-0.4, -0.2) is 37.5 Å². The summed E-state index contributed by atoms with van der Waals surface area (Å²) in [6.45, 7) is 6.30. The van der Waals surface area contributed by atoms with Crippen LogP contribution < -0.4 is 26.8 Å². The second-order valence-electron chi connectivity index (χ2n) is 6.12. The second-order valence-corrected chi connectivity index (χ2v) is 6.12. The lowest BCUT2D eigenvalue weighted by molar-refractivity contribution is 0.107. The Hall–Kier alpha value is -1.57. The normalized spacial score (nSPS) is 10.7. The highest BCUT2D eigenvalue weighted by molar-refractivity contribution is 5.86. The molecule has 0 saturated carbocycles. The van der Waals surface area contributed by atoms with Gasteiger partial charge in [0, 0.05) is 25.3 Å². The lowest BCUT2D eigenvalue weighted by atomic mass is 10.1. The van der Waals surface area contributed by atoms with E-state index in [0.29, 0.717) is 23.7 Å². The minimum Gasteiger partial charge on any atom is -0.489 e. The summed E-state index contributed by atoms with van der Waals surface area (Å²) in [5.41, 5.74) is 16.1. The Kier molecular flexibility index (Phi) is 14.8. The maximum atomic E-state index is 10.00. The highest BCUT2D eigenvalue weighted by atomic mass is 35.5. The van der Waals surface area contributed by atoms with Crippen LogP contribution in [0.1, 0.15) is 11.1 Å². The number of hydrogen-bond donors (Lipinski definition) is 5. The summed E-state index contributed by atoms with van der Waals surface area (Å²) in [6, 6.07) is 11.4. The fourth-order valence-electron chi connectivity index (χ4n) is 2.57. The van der Waals surface area contributed by atoms with Crippen molar-refractivity contribution < 1.29 is 9.84 Å². The number of nitrogen functional groups attached to an aromatic ring is 2. The van der Waals surface area contributed by atoms with E-state index in [4.69, 9.17) is 16.2 Å². The van der Waals surface area contributed by atoms with Gasteiger partial charge in [-0.3, -0.25) is 0 Å². The number of aryl methyl sites for hydroxylation is 2. The average molecular weight is 454 g/mol. The molecule has 0 fully saturated rings. The second kappa shape index (κ2) is 14.4. The summed E-state index contributed by atoms with van der Waals surface area (Å²) in [5.74, 6) is 0.496. The van der Waals surface area contributed by atoms with Crippen LogP contribution in [-0.2, 0) is 0 Å². The van der Waals surface area contributed by atoms with Crippen molar-refractivity contribution in [1.82, 2.24) is 5.32 Å². The van der Waals surface area contributed by atoms with E-state index in [1.807, 2.05) is 0 Å². The lowest BCUT2D eigenvalue weighted by Crippen LogP contribution is -2.34. The monoisotopic (exact) mass is 452 g/mol. The van der Waals surface area contributed by atoms with E-state index >= 15 is 0 Å². The molecule has 0 saturated heterocycles. The molecule has 0 aliphatic heterocycles. The molecular weight excluding hydrogens is 423 g/mol. The molecule has 2 aromatic carbocycles. The first-order valence-corrected chi connectivity index (χ1v) is 8.44. The molecule has 2 aromatic rings. The third-order valence-corrected chi connectivity index (χ3v) is 4.00. The van der Waals surface area contributed by atoms with E-state index in [1.165, 1.54) is 16.8 Å². The number of ether oxygens (including phenoxy) is 1. The van der Waals surface area contributed by atoms with E-state index in [2.05, 4.69) is 42.7 Å². The summed E-state index contributed by atoms with van der Waals surface area (Å²) >= 11 is 0. The Morgan fingerprint density at radius 1 is 0.964 bits per heavy atom. The highest BCUT2D eigenvalue weighted by Gasteiger charge is 2.08. The van der Waals surface area contributed by atoms with E-state index in [9.17, 15) is 5.11 Å². The average Bonchev–Trinajstić information content (AvgIpc) is 2.58. The van der Waals surface area contributed by atoms with Gasteiger partial charge in [0.05, 0.1) is 11.4 Å². The predicted octanol–water partition coefficient (Wildman–Crippen LogP) is 3.17. The Morgan fingerprint density at radius 2 is 1.57 bits per heavy atom. The number of rotatable bonds is 9. The van der Waals surface area contributed by atoms with Crippen molar-refractivity contribution in [1.29, 1.82) is 0 Å². The summed E-state index contributed by atoms with van der Waals surface area (Å²) < 4.78 is 5.53. The molecule has 0 aliphatic rings. The zero-order valence-electron chi connectivity index (χ0n) is 16.1. The number of aliphatic hydroxyl groups excluding tert-OH is 1. The van der Waals surface area contributed by atoms with Crippen molar-refractivity contribution in [3.05, 3.63) is 47.5 Å². The fraction of sp³-hybridized carbons (Fsp3) is 0.368. The van der Waals surface area contributed by atoms with Crippen LogP contribution in [0.15, 0.2) is 36.4 Å². The third kappa shape index (κ3) is 8.63. The molecule has 0 radical (unpaired) electrons. The molecule has 2 rings (SSSR count). The number of halogens is 3. The van der Waals surface area contributed by atoms with Crippen LogP contribution in [0.2, 0.25) is 0 Å². The Balaban J connectivity index is 0. The van der Waals surface area contributed by atoms with E-state index in [0.717, 1.165) is 13.1 Å². The number of benzene rings is 2. The van der Waals surface area contributed by atoms with Gasteiger partial charge in [0.1, 0.15) is 18.5 Å². The van der Waals surface area contributed by atoms with Crippen LogP contribution in [0, 0.1) is 13.8 Å². The van der Waals surface area contributed by atoms with E-state index in [-0.39, 0.29) is 43.8 Å². The maximum absolute atomic E-state index is 10.00. The topological polar surface area (TPSA) is 106 Å². The molecule has 6 nitrogen and oxygen atoms in total. The Labute approximate surface area is 185 Å². The Bertz CT molecular complexity index is 685. The minimum absolute atomic E-state index is 0. The van der Waals surface area contributed by atoms with Gasteiger partial charge in [-0.1, -0.05) is 24.3 Å². The zero-order chi connectivity index (χ0) is 18.2. The SMILES string of the molecule is Cc1cccc(C)c1NCCNCC(O)COc1cccc(N)c1N.Cl.Cl.Cl. The summed E-state index contributed by atoms with van der Waals surface area (Å²) in [4.78, 5) is 0. The van der Waals surface area contributed by atoms with Crippen LogP contribution >= 0.6 is 37.2 Å². The molecule has 160 valence electrons. The van der Waals surface area contributed by atoms with Gasteiger partial charge in [-0.05, 0) is 37.1 Å². The van der Waals surface area contributed by atoms with Gasteiger partial charge in [-0.2, -0.15) is 0 Å². The van der Waals surface area contributed by atoms with Gasteiger partial charge in [0.2, 0.25) is 0 Å². The molecule has 9 heteroatoms. The van der Waals surface area contributed by atoms with Crippen LogP contribution in [0.5, 0.6) is 5.75 Å². The summed E-state index contributed by atoms with van der Waals surface area (Å²) in [6.07, 6.45) is -0.624. The van der Waals surface area contributed by atoms with Gasteiger partial charge in [-0.25, -0.2) is 0 Å². The van der Waals surface area contributed by atoms with Gasteiger partial charge in [0.15, 0.2) is 0 Å². The first-order valence-electron chi connectivity index (χ1n) is 8.44. The lowest BCUT2D eigenvalue weighted by Gasteiger charge is -2.16. The smallest absolute Gasteiger partial charge is 0.144 e. The molecule has 0 amide bonds. The number of anilines is 3. The molecule has 0 spiro atoms. The van der Waals surface area contributed by atoms with Crippen LogP contribution in [0.25, 0.3) is 0 Å². The predicted molar refractivity (Wildman–Crippen MR) is 126 cm³/mol. The molecule has 0 aliphatic carbocycles. The number of para-hydroxylation sites is 2. The first kappa shape index (κ1) is 28.6. The number of nitrogens with two attached hydrogens (primary N) is 2. The number of nitrogens with one attached hydrogen (secondary N) is 2. The first-order chi connectivity index (χ1) is 12.0. The van der Waals surface area contributed by atoms with Crippen molar-refractivity contribution in [3.63, 3.8) is 0 Å². The molecule has 28 heavy (non-hydrogen) atoms. The van der Waals surface area contributed by atoms with Crippen molar-refractivity contribution in [2.24, 2.45) is 0 Å². The molecule has 7 N–H and O–H groups in total. The van der Waals surface area contributed by atoms with Gasteiger partial charge < -0.3 is 31.9 Å². The molecule has 1 atom stereocenters. The third-order valence-electron chi connectivity index (χ3n) is 4.00. The quantitative estimate of drug-likeness (QED) is 0.295. The van der Waals surface area contributed by atoms with E-state index < -0.39 is 6.10 Å². The largest absolute Gasteiger partial charge is 0.489 e. The van der Waals surface area contributed by atoms with Crippen LogP contribution in [0.4, 0.5) is 17.1 Å². The molecule has 0 bridgehead atoms. The van der Waals surface area contributed by atoms with Crippen molar-refractivity contribution >= 4 is 54.3 Å². The summed E-state index contributed by atoms with van der Waals surface area (Å²) in [7, 11) is 0. The molecule has 1 unspecified atom stereocenters. The van der Waals surface area contributed by atoms with Crippen LogP contribution in [0.3, 0.4) is 0 Å². The maximum Gasteiger partial charge on any atom is 0.144 e. The standard InChI is InChI=1S/C19H28N4O2.3ClH/c1-13-5-3-6-14(2)19(13)23-10-9-22-11-15(24)12-25-17-8-4-7-16(20)18(17)21;;;/h3-8,15,22-24H,9-12,20-21H2,1-2H3;3*1H. The minimum atomic E-state index is -0.624. The highest BCUT2D eigenvalue weighted by Crippen LogP contribution is 2.26. The van der Waals surface area contributed by atoms with Gasteiger partial charge in [0.25, 0.3) is 0 Å². The fourth-order valence-corrected chi connectivity index (χ4v) is 2.57. The van der Waals surface area contributed by atoms with Gasteiger partial charge in [-0.15, -0.1) is 37.2 Å². The molecule has 0 heterocycles. The van der Waals surface area contributed by atoms with Crippen molar-refractivity contribution in [2.45, 2.75) is 20.0 Å². The van der Waals surface area contributed by atoms with Crippen molar-refractivity contribution in [3.8, 4) is 5.75 Å². The summed E-state index contributed by atoms with van der Waals surface area (Å²) in [5, 5.41) is 16.6. The molecule has 0 aromatic heterocycles. The van der Waals surface area contributed by atoms with E-state index in [1.54, 1.807) is 18.2 Å². The molecular formula is C19H31Cl3N4O2. The van der Waals surface area contributed by atoms with Gasteiger partial charge >= 0.3 is 0 Å². The number of aliphatic hydroxyl groups is 1. The number of hydrogen-bond acceptors (Lipinski definition) is 6. The zero-order valence-corrected chi connectivity index (χ0v) is 18.6. The Morgan fingerprint density at radius 3 is 2.21 bits per heavy atom. The van der Waals surface area contributed by atoms with Crippen molar-refractivity contribution in [2.75, 3.05) is 43.0 Å².